The molecule has 0 saturated carbocycles. The van der Waals surface area contributed by atoms with E-state index in [4.69, 9.17) is 4.74 Å². The fraction of sp³-hybridized carbons (Fsp3) is 0.750. The van der Waals surface area contributed by atoms with Crippen LogP contribution in [0.15, 0.2) is 12.5 Å². The van der Waals surface area contributed by atoms with E-state index in [0.29, 0.717) is 0 Å². The van der Waals surface area contributed by atoms with Gasteiger partial charge in [-0.3, -0.25) is 0 Å². The molecule has 0 atom stereocenters. The summed E-state index contributed by atoms with van der Waals surface area (Å²) in [7, 11) is 3.88. The third-order valence-electron chi connectivity index (χ3n) is 3.27. The summed E-state index contributed by atoms with van der Waals surface area (Å²) in [6.45, 7) is 6.75. The molecule has 0 aromatic carbocycles. The molecule has 0 unspecified atom stereocenters. The van der Waals surface area contributed by atoms with Gasteiger partial charge in [0.1, 0.15) is 6.33 Å². The highest BCUT2D eigenvalue weighted by atomic mass is 16.5. The number of hydrogen-bond acceptors (Lipinski definition) is 5. The molecule has 1 N–H and O–H groups in total. The number of imidazole rings is 1. The van der Waals surface area contributed by atoms with Crippen LogP contribution in [0.4, 0.5) is 0 Å². The van der Waals surface area contributed by atoms with Crippen molar-refractivity contribution in [2.45, 2.75) is 6.54 Å². The fourth-order valence-electron chi connectivity index (χ4n) is 2.10. The lowest BCUT2D eigenvalue weighted by atomic mass is 10.4. The van der Waals surface area contributed by atoms with Crippen LogP contribution < -0.4 is 10.3 Å². The molecule has 1 aromatic rings. The predicted molar refractivity (Wildman–Crippen MR) is 71.3 cm³/mol. The number of ether oxygens (including phenoxy) is 1. The summed E-state index contributed by atoms with van der Waals surface area (Å²) >= 11 is 0. The molecule has 1 aliphatic rings. The molecule has 18 heavy (non-hydrogen) atoms. The van der Waals surface area contributed by atoms with Crippen molar-refractivity contribution in [1.82, 2.24) is 19.9 Å². The summed E-state index contributed by atoms with van der Waals surface area (Å²) < 4.78 is 7.19. The van der Waals surface area contributed by atoms with E-state index in [-0.39, 0.29) is 0 Å². The summed E-state index contributed by atoms with van der Waals surface area (Å²) in [6, 6.07) is 0. The van der Waals surface area contributed by atoms with E-state index in [2.05, 4.69) is 31.9 Å². The molecule has 6 nitrogen and oxygen atoms in total. The molecule has 1 fully saturated rings. The second-order valence-corrected chi connectivity index (χ2v) is 4.66. The van der Waals surface area contributed by atoms with Crippen molar-refractivity contribution < 1.29 is 4.74 Å². The maximum atomic E-state index is 5.02. The molecule has 6 heteroatoms. The minimum atomic E-state index is 0.739. The van der Waals surface area contributed by atoms with Gasteiger partial charge in [-0.15, -0.1) is 0 Å². The van der Waals surface area contributed by atoms with Crippen molar-refractivity contribution >= 4 is 0 Å². The molecule has 0 spiro atoms. The number of likely N-dealkylation sites (N-methyl/N-ethyl adjacent to an activating group) is 1. The first-order chi connectivity index (χ1) is 8.81. The van der Waals surface area contributed by atoms with Crippen LogP contribution >= 0.6 is 0 Å². The largest absolute Gasteiger partial charge is 0.383 e. The Morgan fingerprint density at radius 2 is 2.11 bits per heavy atom. The Morgan fingerprint density at radius 3 is 2.83 bits per heavy atom. The van der Waals surface area contributed by atoms with Crippen molar-refractivity contribution in [3.05, 3.63) is 18.2 Å². The molecule has 0 bridgehead atoms. The highest BCUT2D eigenvalue weighted by molar-refractivity contribution is 5.05. The minimum Gasteiger partial charge on any atom is -0.383 e. The number of piperazine rings is 1. The fourth-order valence-corrected chi connectivity index (χ4v) is 2.10. The quantitative estimate of drug-likeness (QED) is 0.693. The zero-order chi connectivity index (χ0) is 12.8. The second-order valence-electron chi connectivity index (χ2n) is 4.66. The van der Waals surface area contributed by atoms with Gasteiger partial charge in [-0.05, 0) is 7.05 Å². The predicted octanol–water partition coefficient (Wildman–Crippen LogP) is -0.497. The lowest BCUT2D eigenvalue weighted by molar-refractivity contribution is 0.199. The van der Waals surface area contributed by atoms with Crippen LogP contribution in [0.5, 0.6) is 0 Å². The number of hydrogen-bond donors (Lipinski definition) is 1. The van der Waals surface area contributed by atoms with E-state index in [9.17, 15) is 0 Å². The van der Waals surface area contributed by atoms with Crippen LogP contribution in [0.3, 0.4) is 0 Å². The normalized spacial score (nSPS) is 17.3. The highest BCUT2D eigenvalue weighted by Crippen LogP contribution is 2.04. The van der Waals surface area contributed by atoms with Gasteiger partial charge in [0.25, 0.3) is 0 Å². The Kier molecular flexibility index (Phi) is 4.98. The van der Waals surface area contributed by atoms with Gasteiger partial charge < -0.3 is 20.0 Å². The van der Waals surface area contributed by atoms with E-state index >= 15 is 0 Å². The first-order valence-electron chi connectivity index (χ1n) is 6.46. The number of aromatic nitrogens is 2. The molecular weight excluding hydrogens is 230 g/mol. The third-order valence-corrected chi connectivity index (χ3v) is 3.27. The van der Waals surface area contributed by atoms with Gasteiger partial charge in [0.15, 0.2) is 0 Å². The average molecular weight is 253 g/mol. The van der Waals surface area contributed by atoms with Crippen molar-refractivity contribution in [2.24, 2.45) is 0 Å². The molecule has 2 heterocycles. The van der Waals surface area contributed by atoms with Crippen LogP contribution in [-0.2, 0) is 11.3 Å². The van der Waals surface area contributed by atoms with Crippen molar-refractivity contribution in [2.75, 3.05) is 58.5 Å². The van der Waals surface area contributed by atoms with Crippen LogP contribution in [0, 0.1) is 0 Å². The Hall–Kier alpha value is -1.11. The second kappa shape index (κ2) is 6.72. The first kappa shape index (κ1) is 13.3. The monoisotopic (exact) mass is 253 g/mol. The first-order valence-corrected chi connectivity index (χ1v) is 6.46. The Labute approximate surface area is 109 Å². The third kappa shape index (κ3) is 3.44. The number of nitrogens with zero attached hydrogens (tertiary/aromatic N) is 4. The van der Waals surface area contributed by atoms with Crippen molar-refractivity contribution in [1.29, 1.82) is 0 Å². The maximum absolute atomic E-state index is 5.02. The van der Waals surface area contributed by atoms with E-state index < -0.39 is 0 Å². The van der Waals surface area contributed by atoms with Gasteiger partial charge in [-0.2, -0.15) is 0 Å². The van der Waals surface area contributed by atoms with Gasteiger partial charge >= 0.3 is 0 Å². The van der Waals surface area contributed by atoms with Crippen molar-refractivity contribution in [3.8, 4) is 0 Å². The number of methoxy groups -OCH3 is 1. The van der Waals surface area contributed by atoms with E-state index in [1.807, 2.05) is 12.5 Å². The van der Waals surface area contributed by atoms with E-state index in [1.165, 1.54) is 5.69 Å². The summed E-state index contributed by atoms with van der Waals surface area (Å²) in [6.07, 6.45) is 3.83. The molecule has 1 saturated heterocycles. The van der Waals surface area contributed by atoms with Crippen molar-refractivity contribution in [3.63, 3.8) is 0 Å². The molecule has 2 rings (SSSR count). The SMILES string of the molecule is COCCNCc1cncn1N1CCN(C)CC1. The molecule has 102 valence electrons. The van der Waals surface area contributed by atoms with Gasteiger partial charge in [-0.1, -0.05) is 0 Å². The minimum absolute atomic E-state index is 0.739. The average Bonchev–Trinajstić information content (AvgIpc) is 2.84. The number of rotatable bonds is 6. The van der Waals surface area contributed by atoms with Gasteiger partial charge in [0.05, 0.1) is 18.5 Å². The summed E-state index contributed by atoms with van der Waals surface area (Å²) in [5.41, 5.74) is 1.20. The summed E-state index contributed by atoms with van der Waals surface area (Å²) in [4.78, 5) is 6.60. The maximum Gasteiger partial charge on any atom is 0.114 e. The standard InChI is InChI=1S/C12H23N5O/c1-15-4-6-16(7-5-15)17-11-14-10-12(17)9-13-3-8-18-2/h10-11,13H,3-9H2,1-2H3. The van der Waals surface area contributed by atoms with Crippen LogP contribution in [0.1, 0.15) is 5.69 Å². The molecule has 1 aliphatic heterocycles. The van der Waals surface area contributed by atoms with Crippen LogP contribution in [0.25, 0.3) is 0 Å². The topological polar surface area (TPSA) is 45.6 Å². The summed E-state index contributed by atoms with van der Waals surface area (Å²) in [5, 5.41) is 5.70. The molecular formula is C12H23N5O. The smallest absolute Gasteiger partial charge is 0.114 e. The Bertz CT molecular complexity index is 346. The number of nitrogens with one attached hydrogen (secondary N) is 1. The van der Waals surface area contributed by atoms with E-state index in [1.54, 1.807) is 7.11 Å². The summed E-state index contributed by atoms with van der Waals surface area (Å²) in [5.74, 6) is 0. The highest BCUT2D eigenvalue weighted by Gasteiger charge is 2.15. The lowest BCUT2D eigenvalue weighted by Crippen LogP contribution is -2.50. The molecule has 0 amide bonds. The Morgan fingerprint density at radius 1 is 1.33 bits per heavy atom. The van der Waals surface area contributed by atoms with E-state index in [0.717, 1.165) is 45.9 Å². The molecule has 0 aliphatic carbocycles. The van der Waals surface area contributed by atoms with Gasteiger partial charge in [-0.25, -0.2) is 9.66 Å². The lowest BCUT2D eigenvalue weighted by Gasteiger charge is -2.35. The van der Waals surface area contributed by atoms with Gasteiger partial charge in [0, 0.05) is 46.4 Å². The van der Waals surface area contributed by atoms with Crippen LogP contribution in [-0.4, -0.2) is 68.0 Å². The zero-order valence-electron chi connectivity index (χ0n) is 11.3. The molecule has 0 radical (unpaired) electrons. The van der Waals surface area contributed by atoms with Crippen LogP contribution in [0.2, 0.25) is 0 Å². The molecule has 1 aromatic heterocycles. The zero-order valence-corrected chi connectivity index (χ0v) is 11.3. The Balaban J connectivity index is 1.87. The van der Waals surface area contributed by atoms with Gasteiger partial charge in [0.2, 0.25) is 0 Å².